The molecule has 1 aromatic heterocycles. The summed E-state index contributed by atoms with van der Waals surface area (Å²) in [6, 6.07) is 6.46. The number of aliphatic hydroxyl groups is 1. The van der Waals surface area contributed by atoms with Gasteiger partial charge in [-0.15, -0.1) is 11.3 Å². The van der Waals surface area contributed by atoms with E-state index in [4.69, 9.17) is 5.11 Å². The summed E-state index contributed by atoms with van der Waals surface area (Å²) < 4.78 is 12.9. The zero-order valence-corrected chi connectivity index (χ0v) is 10.6. The van der Waals surface area contributed by atoms with Crippen LogP contribution in [0.3, 0.4) is 0 Å². The van der Waals surface area contributed by atoms with Gasteiger partial charge in [0.25, 0.3) is 0 Å². The molecule has 0 saturated heterocycles. The monoisotopic (exact) mass is 251 g/mol. The molecule has 0 aliphatic carbocycles. The Morgan fingerprint density at radius 1 is 1.29 bits per heavy atom. The fourth-order valence-electron chi connectivity index (χ4n) is 1.66. The van der Waals surface area contributed by atoms with Gasteiger partial charge in [0, 0.05) is 11.6 Å². The molecule has 1 heterocycles. The van der Waals surface area contributed by atoms with Gasteiger partial charge in [0.15, 0.2) is 0 Å². The molecule has 17 heavy (non-hydrogen) atoms. The highest BCUT2D eigenvalue weighted by Gasteiger charge is 2.26. The number of nitrogens with zero attached hydrogens (tertiary/aromatic N) is 1. The second-order valence-electron chi connectivity index (χ2n) is 4.42. The minimum absolute atomic E-state index is 0.0111. The van der Waals surface area contributed by atoms with E-state index in [1.807, 2.05) is 13.8 Å². The van der Waals surface area contributed by atoms with Gasteiger partial charge in [-0.05, 0) is 31.5 Å². The van der Waals surface area contributed by atoms with Gasteiger partial charge in [0.2, 0.25) is 0 Å². The zero-order valence-electron chi connectivity index (χ0n) is 9.77. The largest absolute Gasteiger partial charge is 0.391 e. The molecule has 90 valence electrons. The van der Waals surface area contributed by atoms with Crippen LogP contribution in [0.15, 0.2) is 30.5 Å². The van der Waals surface area contributed by atoms with Crippen LogP contribution in [0.5, 0.6) is 0 Å². The molecular weight excluding hydrogens is 237 g/mol. The Morgan fingerprint density at radius 2 is 1.94 bits per heavy atom. The maximum absolute atomic E-state index is 12.9. The standard InChI is InChI=1S/C13H14FNOS/c1-13(2,9-3-5-10(14)6-4-9)12-15-7-11(8-16)17-12/h3-7,16H,8H2,1-2H3. The van der Waals surface area contributed by atoms with Crippen LogP contribution in [-0.4, -0.2) is 10.1 Å². The summed E-state index contributed by atoms with van der Waals surface area (Å²) in [4.78, 5) is 5.17. The molecule has 0 unspecified atom stereocenters. The third-order valence-electron chi connectivity index (χ3n) is 2.81. The number of aliphatic hydroxyl groups excluding tert-OH is 1. The quantitative estimate of drug-likeness (QED) is 0.909. The van der Waals surface area contributed by atoms with Gasteiger partial charge in [-0.1, -0.05) is 12.1 Å². The molecular formula is C13H14FNOS. The fraction of sp³-hybridized carbons (Fsp3) is 0.308. The van der Waals surface area contributed by atoms with Crippen molar-refractivity contribution < 1.29 is 9.50 Å². The second kappa shape index (κ2) is 4.55. The van der Waals surface area contributed by atoms with Crippen LogP contribution >= 0.6 is 11.3 Å². The summed E-state index contributed by atoms with van der Waals surface area (Å²) >= 11 is 1.48. The van der Waals surface area contributed by atoms with Crippen molar-refractivity contribution in [1.82, 2.24) is 4.98 Å². The SMILES string of the molecule is CC(C)(c1ccc(F)cc1)c1ncc(CO)s1. The average molecular weight is 251 g/mol. The molecule has 0 spiro atoms. The molecule has 1 aromatic carbocycles. The molecule has 0 bridgehead atoms. The van der Waals surface area contributed by atoms with Crippen molar-refractivity contribution in [2.24, 2.45) is 0 Å². The van der Waals surface area contributed by atoms with E-state index >= 15 is 0 Å². The lowest BCUT2D eigenvalue weighted by molar-refractivity contribution is 0.285. The Bertz CT molecular complexity index is 504. The molecule has 0 aliphatic heterocycles. The summed E-state index contributed by atoms with van der Waals surface area (Å²) in [5.74, 6) is -0.236. The predicted molar refractivity (Wildman–Crippen MR) is 66.6 cm³/mol. The van der Waals surface area contributed by atoms with E-state index in [1.54, 1.807) is 18.3 Å². The van der Waals surface area contributed by atoms with E-state index in [1.165, 1.54) is 23.5 Å². The van der Waals surface area contributed by atoms with Crippen molar-refractivity contribution in [1.29, 1.82) is 0 Å². The highest BCUT2D eigenvalue weighted by atomic mass is 32.1. The van der Waals surface area contributed by atoms with Gasteiger partial charge in [-0.3, -0.25) is 0 Å². The third kappa shape index (κ3) is 2.37. The number of hydrogen-bond donors (Lipinski definition) is 1. The maximum atomic E-state index is 12.9. The molecule has 0 saturated carbocycles. The summed E-state index contributed by atoms with van der Waals surface area (Å²) in [6.07, 6.45) is 1.69. The van der Waals surface area contributed by atoms with E-state index in [2.05, 4.69) is 4.98 Å². The predicted octanol–water partition coefficient (Wildman–Crippen LogP) is 3.10. The number of benzene rings is 1. The van der Waals surface area contributed by atoms with Crippen molar-refractivity contribution >= 4 is 11.3 Å². The first-order valence-corrected chi connectivity index (χ1v) is 6.18. The van der Waals surface area contributed by atoms with Crippen molar-refractivity contribution in [3.63, 3.8) is 0 Å². The fourth-order valence-corrected chi connectivity index (χ4v) is 2.56. The van der Waals surface area contributed by atoms with E-state index in [0.29, 0.717) is 0 Å². The molecule has 0 radical (unpaired) electrons. The molecule has 4 heteroatoms. The number of halogens is 1. The van der Waals surface area contributed by atoms with Crippen molar-refractivity contribution in [3.05, 3.63) is 51.7 Å². The first-order valence-electron chi connectivity index (χ1n) is 5.36. The summed E-state index contributed by atoms with van der Waals surface area (Å²) in [6.45, 7) is 4.09. The Labute approximate surface area is 104 Å². The molecule has 1 N–H and O–H groups in total. The van der Waals surface area contributed by atoms with Crippen LogP contribution < -0.4 is 0 Å². The molecule has 0 atom stereocenters. The molecule has 0 aliphatic rings. The first kappa shape index (κ1) is 12.2. The Hall–Kier alpha value is -1.26. The number of thiazole rings is 1. The first-order chi connectivity index (χ1) is 8.04. The van der Waals surface area contributed by atoms with Gasteiger partial charge in [-0.25, -0.2) is 9.37 Å². The van der Waals surface area contributed by atoms with Crippen LogP contribution in [0.2, 0.25) is 0 Å². The Kier molecular flexibility index (Phi) is 3.26. The van der Waals surface area contributed by atoms with Crippen molar-refractivity contribution in [2.45, 2.75) is 25.9 Å². The van der Waals surface area contributed by atoms with Crippen LogP contribution in [-0.2, 0) is 12.0 Å². The zero-order chi connectivity index (χ0) is 12.5. The topological polar surface area (TPSA) is 33.1 Å². The van der Waals surface area contributed by atoms with Gasteiger partial charge < -0.3 is 5.11 Å². The van der Waals surface area contributed by atoms with Gasteiger partial charge in [-0.2, -0.15) is 0 Å². The average Bonchev–Trinajstić information content (AvgIpc) is 2.78. The van der Waals surface area contributed by atoms with Crippen LogP contribution in [0, 0.1) is 5.82 Å². The smallest absolute Gasteiger partial charge is 0.123 e. The van der Waals surface area contributed by atoms with Crippen LogP contribution in [0.1, 0.15) is 29.3 Å². The Balaban J connectivity index is 2.37. The summed E-state index contributed by atoms with van der Waals surface area (Å²) in [5, 5.41) is 9.97. The van der Waals surface area contributed by atoms with Crippen LogP contribution in [0.25, 0.3) is 0 Å². The second-order valence-corrected chi connectivity index (χ2v) is 5.54. The molecule has 2 rings (SSSR count). The number of rotatable bonds is 3. The number of aromatic nitrogens is 1. The molecule has 2 aromatic rings. The highest BCUT2D eigenvalue weighted by molar-refractivity contribution is 7.11. The van der Waals surface area contributed by atoms with E-state index in [9.17, 15) is 4.39 Å². The highest BCUT2D eigenvalue weighted by Crippen LogP contribution is 2.34. The maximum Gasteiger partial charge on any atom is 0.123 e. The van der Waals surface area contributed by atoms with E-state index < -0.39 is 0 Å². The molecule has 2 nitrogen and oxygen atoms in total. The van der Waals surface area contributed by atoms with Crippen molar-refractivity contribution in [2.75, 3.05) is 0 Å². The van der Waals surface area contributed by atoms with E-state index in [-0.39, 0.29) is 17.8 Å². The minimum atomic E-state index is -0.272. The molecule has 0 fully saturated rings. The lowest BCUT2D eigenvalue weighted by Crippen LogP contribution is -2.18. The molecule has 0 amide bonds. The third-order valence-corrected chi connectivity index (χ3v) is 4.12. The van der Waals surface area contributed by atoms with Gasteiger partial charge >= 0.3 is 0 Å². The lowest BCUT2D eigenvalue weighted by Gasteiger charge is -2.22. The minimum Gasteiger partial charge on any atom is -0.391 e. The lowest BCUT2D eigenvalue weighted by atomic mass is 9.85. The van der Waals surface area contributed by atoms with Gasteiger partial charge in [0.1, 0.15) is 10.8 Å². The van der Waals surface area contributed by atoms with Crippen molar-refractivity contribution in [3.8, 4) is 0 Å². The van der Waals surface area contributed by atoms with E-state index in [0.717, 1.165) is 15.4 Å². The summed E-state index contributed by atoms with van der Waals surface area (Å²) in [5.41, 5.74) is 0.740. The normalized spacial score (nSPS) is 11.8. The number of hydrogen-bond acceptors (Lipinski definition) is 3. The Morgan fingerprint density at radius 3 is 2.47 bits per heavy atom. The van der Waals surface area contributed by atoms with Crippen LogP contribution in [0.4, 0.5) is 4.39 Å². The summed E-state index contributed by atoms with van der Waals surface area (Å²) in [7, 11) is 0. The van der Waals surface area contributed by atoms with Gasteiger partial charge in [0.05, 0.1) is 11.5 Å².